The van der Waals surface area contributed by atoms with Gasteiger partial charge in [-0.15, -0.1) is 25.6 Å². The van der Waals surface area contributed by atoms with Crippen molar-refractivity contribution in [3.63, 3.8) is 0 Å². The van der Waals surface area contributed by atoms with Crippen LogP contribution in [0.15, 0.2) is 18.2 Å². The zero-order chi connectivity index (χ0) is 13.8. The molecular weight excluding hydrogens is 287 g/mol. The van der Waals surface area contributed by atoms with Crippen molar-refractivity contribution in [2.75, 3.05) is 13.7 Å². The molecule has 1 rings (SSSR count). The molecule has 0 spiro atoms. The number of aliphatic hydroxyl groups excluding tert-OH is 1. The minimum Gasteiger partial charge on any atom is -0.496 e. The van der Waals surface area contributed by atoms with E-state index in [-0.39, 0.29) is 31.2 Å². The van der Waals surface area contributed by atoms with Gasteiger partial charge in [-0.05, 0) is 30.2 Å². The molecular formula is C11H15ClF3NO3. The van der Waals surface area contributed by atoms with Gasteiger partial charge in [0.15, 0.2) is 0 Å². The van der Waals surface area contributed by atoms with Crippen LogP contribution >= 0.6 is 12.4 Å². The smallest absolute Gasteiger partial charge is 0.496 e. The molecule has 110 valence electrons. The molecule has 0 fully saturated rings. The Labute approximate surface area is 114 Å². The number of ether oxygens (including phenoxy) is 2. The number of benzene rings is 1. The topological polar surface area (TPSA) is 64.7 Å². The van der Waals surface area contributed by atoms with Gasteiger partial charge in [0, 0.05) is 6.04 Å². The van der Waals surface area contributed by atoms with Crippen LogP contribution in [0.3, 0.4) is 0 Å². The van der Waals surface area contributed by atoms with E-state index >= 15 is 0 Å². The van der Waals surface area contributed by atoms with Gasteiger partial charge in [-0.2, -0.15) is 0 Å². The molecule has 3 N–H and O–H groups in total. The highest BCUT2D eigenvalue weighted by Gasteiger charge is 2.31. The van der Waals surface area contributed by atoms with E-state index in [2.05, 4.69) is 4.74 Å². The number of halogens is 4. The van der Waals surface area contributed by atoms with Crippen molar-refractivity contribution in [3.05, 3.63) is 23.8 Å². The summed E-state index contributed by atoms with van der Waals surface area (Å²) in [4.78, 5) is 0. The van der Waals surface area contributed by atoms with Gasteiger partial charge in [0.05, 0.1) is 13.7 Å². The van der Waals surface area contributed by atoms with Gasteiger partial charge < -0.3 is 20.3 Å². The van der Waals surface area contributed by atoms with Crippen molar-refractivity contribution >= 4 is 12.4 Å². The summed E-state index contributed by atoms with van der Waals surface area (Å²) >= 11 is 0. The molecule has 1 unspecified atom stereocenters. The first kappa shape index (κ1) is 17.8. The third-order valence-corrected chi connectivity index (χ3v) is 2.20. The third-order valence-electron chi connectivity index (χ3n) is 2.20. The molecule has 0 radical (unpaired) electrons. The van der Waals surface area contributed by atoms with Gasteiger partial charge in [0.2, 0.25) is 0 Å². The van der Waals surface area contributed by atoms with Crippen molar-refractivity contribution in [1.82, 2.24) is 0 Å². The molecule has 19 heavy (non-hydrogen) atoms. The second kappa shape index (κ2) is 7.42. The average molecular weight is 302 g/mol. The number of hydrogen-bond donors (Lipinski definition) is 2. The van der Waals surface area contributed by atoms with Crippen LogP contribution in [0.25, 0.3) is 0 Å². The summed E-state index contributed by atoms with van der Waals surface area (Å²) in [6.07, 6.45) is -4.56. The van der Waals surface area contributed by atoms with E-state index in [1.54, 1.807) is 0 Å². The second-order valence-corrected chi connectivity index (χ2v) is 3.67. The Bertz CT molecular complexity index is 401. The normalized spacial score (nSPS) is 12.5. The Balaban J connectivity index is 0.00000324. The van der Waals surface area contributed by atoms with E-state index < -0.39 is 12.4 Å². The molecule has 0 aromatic heterocycles. The van der Waals surface area contributed by atoms with Crippen molar-refractivity contribution in [3.8, 4) is 11.5 Å². The van der Waals surface area contributed by atoms with E-state index in [1.807, 2.05) is 0 Å². The number of rotatable bonds is 5. The minimum atomic E-state index is -4.75. The SMILES string of the molecule is COc1ccc(OC(F)(F)F)cc1CC(N)CO.Cl. The zero-order valence-corrected chi connectivity index (χ0v) is 10.9. The fourth-order valence-electron chi connectivity index (χ4n) is 1.46. The summed E-state index contributed by atoms with van der Waals surface area (Å²) in [5.41, 5.74) is 5.98. The Morgan fingerprint density at radius 2 is 2.00 bits per heavy atom. The van der Waals surface area contributed by atoms with Gasteiger partial charge in [0.25, 0.3) is 0 Å². The molecule has 0 aliphatic carbocycles. The van der Waals surface area contributed by atoms with Crippen LogP contribution in [-0.2, 0) is 6.42 Å². The largest absolute Gasteiger partial charge is 0.573 e. The number of methoxy groups -OCH3 is 1. The number of alkyl halides is 3. The fraction of sp³-hybridized carbons (Fsp3) is 0.455. The monoisotopic (exact) mass is 301 g/mol. The van der Waals surface area contributed by atoms with Crippen LogP contribution in [0.4, 0.5) is 13.2 Å². The maximum atomic E-state index is 12.1. The molecule has 1 aromatic rings. The van der Waals surface area contributed by atoms with Crippen LogP contribution in [0.2, 0.25) is 0 Å². The third kappa shape index (κ3) is 6.00. The molecule has 4 nitrogen and oxygen atoms in total. The van der Waals surface area contributed by atoms with Crippen LogP contribution in [0.1, 0.15) is 5.56 Å². The molecule has 1 atom stereocenters. The predicted octanol–water partition coefficient (Wildman–Crippen LogP) is 1.88. The highest BCUT2D eigenvalue weighted by Crippen LogP contribution is 2.28. The summed E-state index contributed by atoms with van der Waals surface area (Å²) in [7, 11) is 1.40. The Hall–Kier alpha value is -1.18. The van der Waals surface area contributed by atoms with E-state index in [9.17, 15) is 13.2 Å². The average Bonchev–Trinajstić information content (AvgIpc) is 2.27. The van der Waals surface area contributed by atoms with E-state index in [4.69, 9.17) is 15.6 Å². The lowest BCUT2D eigenvalue weighted by Gasteiger charge is -2.15. The molecule has 0 aliphatic heterocycles. The molecule has 0 heterocycles. The highest BCUT2D eigenvalue weighted by molar-refractivity contribution is 5.85. The molecule has 0 saturated carbocycles. The van der Waals surface area contributed by atoms with Crippen molar-refractivity contribution in [1.29, 1.82) is 0 Å². The van der Waals surface area contributed by atoms with Gasteiger partial charge in [-0.25, -0.2) is 0 Å². The van der Waals surface area contributed by atoms with E-state index in [0.29, 0.717) is 11.3 Å². The quantitative estimate of drug-likeness (QED) is 0.871. The summed E-state index contributed by atoms with van der Waals surface area (Å²) in [5.74, 6) is 0.0527. The van der Waals surface area contributed by atoms with Crippen LogP contribution in [0.5, 0.6) is 11.5 Å². The van der Waals surface area contributed by atoms with E-state index in [0.717, 1.165) is 6.07 Å². The van der Waals surface area contributed by atoms with Crippen LogP contribution in [-0.4, -0.2) is 31.2 Å². The maximum absolute atomic E-state index is 12.1. The Morgan fingerprint density at radius 1 is 1.37 bits per heavy atom. The molecule has 8 heteroatoms. The molecule has 0 amide bonds. The standard InChI is InChI=1S/C11H14F3NO3.ClH/c1-17-10-3-2-9(18-11(12,13)14)5-7(10)4-8(15)6-16;/h2-3,5,8,16H,4,6,15H2,1H3;1H. The summed E-state index contributed by atoms with van der Waals surface area (Å²) in [5, 5.41) is 8.84. The van der Waals surface area contributed by atoms with Crippen molar-refractivity contribution < 1.29 is 27.8 Å². The van der Waals surface area contributed by atoms with Crippen molar-refractivity contribution in [2.45, 2.75) is 18.8 Å². The summed E-state index contributed by atoms with van der Waals surface area (Å²) < 4.78 is 45.0. The van der Waals surface area contributed by atoms with Gasteiger partial charge in [-0.1, -0.05) is 0 Å². The lowest BCUT2D eigenvalue weighted by atomic mass is 10.1. The van der Waals surface area contributed by atoms with E-state index in [1.165, 1.54) is 19.2 Å². The summed E-state index contributed by atoms with van der Waals surface area (Å²) in [6, 6.07) is 3.14. The maximum Gasteiger partial charge on any atom is 0.573 e. The molecule has 0 saturated heterocycles. The van der Waals surface area contributed by atoms with Crippen LogP contribution in [0, 0.1) is 0 Å². The van der Waals surface area contributed by atoms with Crippen molar-refractivity contribution in [2.24, 2.45) is 5.73 Å². The predicted molar refractivity (Wildman–Crippen MR) is 65.7 cm³/mol. The Morgan fingerprint density at radius 3 is 2.47 bits per heavy atom. The first-order valence-corrected chi connectivity index (χ1v) is 5.15. The fourth-order valence-corrected chi connectivity index (χ4v) is 1.46. The van der Waals surface area contributed by atoms with Crippen LogP contribution < -0.4 is 15.2 Å². The highest BCUT2D eigenvalue weighted by atomic mass is 35.5. The zero-order valence-electron chi connectivity index (χ0n) is 10.1. The molecule has 1 aromatic carbocycles. The van der Waals surface area contributed by atoms with Gasteiger partial charge >= 0.3 is 6.36 Å². The van der Waals surface area contributed by atoms with Gasteiger partial charge in [-0.3, -0.25) is 0 Å². The summed E-state index contributed by atoms with van der Waals surface area (Å²) in [6.45, 7) is -0.270. The minimum absolute atomic E-state index is 0. The Kier molecular flexibility index (Phi) is 6.96. The first-order chi connectivity index (χ1) is 8.35. The lowest BCUT2D eigenvalue weighted by Crippen LogP contribution is -2.27. The lowest BCUT2D eigenvalue weighted by molar-refractivity contribution is -0.274. The van der Waals surface area contributed by atoms with Gasteiger partial charge in [0.1, 0.15) is 11.5 Å². The number of aliphatic hydroxyl groups is 1. The molecule has 0 aliphatic rings. The number of nitrogens with two attached hydrogens (primary N) is 1. The number of hydrogen-bond acceptors (Lipinski definition) is 4. The first-order valence-electron chi connectivity index (χ1n) is 5.15. The second-order valence-electron chi connectivity index (χ2n) is 3.67. The molecule has 0 bridgehead atoms.